The summed E-state index contributed by atoms with van der Waals surface area (Å²) in [6.07, 6.45) is 4.45. The van der Waals surface area contributed by atoms with Crippen LogP contribution in [-0.2, 0) is 10.2 Å². The van der Waals surface area contributed by atoms with E-state index in [0.29, 0.717) is 13.2 Å². The SMILES string of the molecule is CCOC(=O)NCC1(c2ccccc2)CCCC1. The molecule has 1 N–H and O–H groups in total. The largest absolute Gasteiger partial charge is 0.450 e. The van der Waals surface area contributed by atoms with E-state index in [0.717, 1.165) is 12.8 Å². The molecule has 0 aromatic heterocycles. The lowest BCUT2D eigenvalue weighted by Crippen LogP contribution is -2.39. The third kappa shape index (κ3) is 2.84. The minimum Gasteiger partial charge on any atom is -0.450 e. The topological polar surface area (TPSA) is 38.3 Å². The molecule has 3 nitrogen and oxygen atoms in total. The molecule has 2 rings (SSSR count). The monoisotopic (exact) mass is 247 g/mol. The highest BCUT2D eigenvalue weighted by Crippen LogP contribution is 2.40. The van der Waals surface area contributed by atoms with Crippen LogP contribution >= 0.6 is 0 Å². The van der Waals surface area contributed by atoms with Crippen LogP contribution in [0.1, 0.15) is 38.2 Å². The van der Waals surface area contributed by atoms with E-state index in [2.05, 4.69) is 29.6 Å². The molecule has 0 heterocycles. The lowest BCUT2D eigenvalue weighted by molar-refractivity contribution is 0.149. The van der Waals surface area contributed by atoms with Gasteiger partial charge in [0.25, 0.3) is 0 Å². The molecule has 18 heavy (non-hydrogen) atoms. The second kappa shape index (κ2) is 5.89. The van der Waals surface area contributed by atoms with Gasteiger partial charge < -0.3 is 10.1 Å². The van der Waals surface area contributed by atoms with Gasteiger partial charge in [-0.1, -0.05) is 43.2 Å². The third-order valence-corrected chi connectivity index (χ3v) is 3.79. The Bertz CT molecular complexity index is 383. The molecule has 1 aromatic rings. The molecular formula is C15H21NO2. The number of carbonyl (C=O) groups excluding carboxylic acids is 1. The van der Waals surface area contributed by atoms with E-state index >= 15 is 0 Å². The summed E-state index contributed by atoms with van der Waals surface area (Å²) in [4.78, 5) is 11.4. The summed E-state index contributed by atoms with van der Waals surface area (Å²) in [6.45, 7) is 2.92. The number of rotatable bonds is 4. The van der Waals surface area contributed by atoms with Gasteiger partial charge in [-0.25, -0.2) is 4.79 Å². The maximum atomic E-state index is 11.4. The smallest absolute Gasteiger partial charge is 0.407 e. The molecule has 1 amide bonds. The molecule has 98 valence electrons. The summed E-state index contributed by atoms with van der Waals surface area (Å²) in [5.74, 6) is 0. The van der Waals surface area contributed by atoms with Gasteiger partial charge in [0.1, 0.15) is 0 Å². The first-order chi connectivity index (χ1) is 8.77. The van der Waals surface area contributed by atoms with E-state index in [9.17, 15) is 4.79 Å². The van der Waals surface area contributed by atoms with Gasteiger partial charge in [-0.05, 0) is 25.3 Å². The van der Waals surface area contributed by atoms with E-state index in [-0.39, 0.29) is 11.5 Å². The first-order valence-electron chi connectivity index (χ1n) is 6.73. The molecule has 1 aliphatic carbocycles. The molecule has 0 bridgehead atoms. The Hall–Kier alpha value is -1.51. The first kappa shape index (κ1) is 12.9. The standard InChI is InChI=1S/C15H21NO2/c1-2-18-14(17)16-12-15(10-6-7-11-15)13-8-4-3-5-9-13/h3-5,8-9H,2,6-7,10-12H2,1H3,(H,16,17). The molecule has 0 atom stereocenters. The fourth-order valence-corrected chi connectivity index (χ4v) is 2.83. The zero-order valence-electron chi connectivity index (χ0n) is 10.9. The van der Waals surface area contributed by atoms with Gasteiger partial charge in [0, 0.05) is 12.0 Å². The quantitative estimate of drug-likeness (QED) is 0.887. The van der Waals surface area contributed by atoms with Crippen LogP contribution in [-0.4, -0.2) is 19.2 Å². The normalized spacial score (nSPS) is 17.4. The van der Waals surface area contributed by atoms with Gasteiger partial charge in [-0.2, -0.15) is 0 Å². The van der Waals surface area contributed by atoms with Crippen molar-refractivity contribution in [2.24, 2.45) is 0 Å². The van der Waals surface area contributed by atoms with Crippen molar-refractivity contribution in [3.8, 4) is 0 Å². The lowest BCUT2D eigenvalue weighted by Gasteiger charge is -2.29. The molecule has 3 heteroatoms. The predicted octanol–water partition coefficient (Wildman–Crippen LogP) is 3.24. The molecule has 1 saturated carbocycles. The van der Waals surface area contributed by atoms with Gasteiger partial charge >= 0.3 is 6.09 Å². The predicted molar refractivity (Wildman–Crippen MR) is 71.6 cm³/mol. The Morgan fingerprint density at radius 1 is 1.28 bits per heavy atom. The van der Waals surface area contributed by atoms with Crippen LogP contribution in [0.5, 0.6) is 0 Å². The Labute approximate surface area is 109 Å². The van der Waals surface area contributed by atoms with E-state index in [4.69, 9.17) is 4.74 Å². The van der Waals surface area contributed by atoms with Crippen molar-refractivity contribution in [3.05, 3.63) is 35.9 Å². The highest BCUT2D eigenvalue weighted by Gasteiger charge is 2.35. The number of hydrogen-bond acceptors (Lipinski definition) is 2. The van der Waals surface area contributed by atoms with Crippen molar-refractivity contribution in [2.75, 3.05) is 13.2 Å². The summed E-state index contributed by atoms with van der Waals surface area (Å²) < 4.78 is 4.93. The summed E-state index contributed by atoms with van der Waals surface area (Å²) in [5, 5.41) is 2.90. The number of amides is 1. The van der Waals surface area contributed by atoms with Crippen molar-refractivity contribution >= 4 is 6.09 Å². The molecule has 0 aliphatic heterocycles. The Kier molecular flexibility index (Phi) is 4.24. The maximum absolute atomic E-state index is 11.4. The van der Waals surface area contributed by atoms with Crippen LogP contribution in [0.4, 0.5) is 4.79 Å². The Balaban J connectivity index is 2.06. The van der Waals surface area contributed by atoms with Gasteiger partial charge in [0.2, 0.25) is 0 Å². The minimum absolute atomic E-state index is 0.105. The zero-order chi connectivity index (χ0) is 12.8. The van der Waals surface area contributed by atoms with Gasteiger partial charge in [-0.3, -0.25) is 0 Å². The number of hydrogen-bond donors (Lipinski definition) is 1. The minimum atomic E-state index is -0.306. The van der Waals surface area contributed by atoms with E-state index in [1.165, 1.54) is 18.4 Å². The van der Waals surface area contributed by atoms with Crippen molar-refractivity contribution in [3.63, 3.8) is 0 Å². The highest BCUT2D eigenvalue weighted by atomic mass is 16.5. The molecule has 1 aliphatic rings. The fraction of sp³-hybridized carbons (Fsp3) is 0.533. The molecule has 1 fully saturated rings. The van der Waals surface area contributed by atoms with Crippen molar-refractivity contribution in [2.45, 2.75) is 38.0 Å². The summed E-state index contributed by atoms with van der Waals surface area (Å²) in [5.41, 5.74) is 1.44. The van der Waals surface area contributed by atoms with Crippen LogP contribution in [0, 0.1) is 0 Å². The molecule has 0 unspecified atom stereocenters. The second-order valence-electron chi connectivity index (χ2n) is 4.93. The highest BCUT2D eigenvalue weighted by molar-refractivity contribution is 5.67. The van der Waals surface area contributed by atoms with Crippen LogP contribution in [0.2, 0.25) is 0 Å². The maximum Gasteiger partial charge on any atom is 0.407 e. The number of alkyl carbamates (subject to hydrolysis) is 1. The van der Waals surface area contributed by atoms with Crippen LogP contribution in [0.25, 0.3) is 0 Å². The summed E-state index contributed by atoms with van der Waals surface area (Å²) in [7, 11) is 0. The summed E-state index contributed by atoms with van der Waals surface area (Å²) >= 11 is 0. The average Bonchev–Trinajstić information content (AvgIpc) is 2.88. The number of nitrogens with one attached hydrogen (secondary N) is 1. The Morgan fingerprint density at radius 2 is 1.94 bits per heavy atom. The van der Waals surface area contributed by atoms with Crippen LogP contribution < -0.4 is 5.32 Å². The average molecular weight is 247 g/mol. The fourth-order valence-electron chi connectivity index (χ4n) is 2.83. The zero-order valence-corrected chi connectivity index (χ0v) is 10.9. The third-order valence-electron chi connectivity index (χ3n) is 3.79. The van der Waals surface area contributed by atoms with Gasteiger partial charge in [-0.15, -0.1) is 0 Å². The van der Waals surface area contributed by atoms with Gasteiger partial charge in [0.05, 0.1) is 6.61 Å². The van der Waals surface area contributed by atoms with Crippen molar-refractivity contribution < 1.29 is 9.53 Å². The Morgan fingerprint density at radius 3 is 2.56 bits per heavy atom. The van der Waals surface area contributed by atoms with E-state index in [1.807, 2.05) is 13.0 Å². The van der Waals surface area contributed by atoms with Gasteiger partial charge in [0.15, 0.2) is 0 Å². The molecule has 0 saturated heterocycles. The number of ether oxygens (including phenoxy) is 1. The first-order valence-corrected chi connectivity index (χ1v) is 6.73. The van der Waals surface area contributed by atoms with E-state index in [1.54, 1.807) is 0 Å². The molecule has 0 spiro atoms. The van der Waals surface area contributed by atoms with Crippen LogP contribution in [0.15, 0.2) is 30.3 Å². The van der Waals surface area contributed by atoms with Crippen LogP contribution in [0.3, 0.4) is 0 Å². The molecule has 1 aromatic carbocycles. The number of carbonyl (C=O) groups is 1. The number of benzene rings is 1. The van der Waals surface area contributed by atoms with Crippen molar-refractivity contribution in [1.29, 1.82) is 0 Å². The lowest BCUT2D eigenvalue weighted by atomic mass is 9.79. The molecular weight excluding hydrogens is 226 g/mol. The molecule has 0 radical (unpaired) electrons. The van der Waals surface area contributed by atoms with E-state index < -0.39 is 0 Å². The van der Waals surface area contributed by atoms with Crippen molar-refractivity contribution in [1.82, 2.24) is 5.32 Å². The second-order valence-corrected chi connectivity index (χ2v) is 4.93. The summed E-state index contributed by atoms with van der Waals surface area (Å²) in [6, 6.07) is 10.5.